The standard InChI is InChI=1S/C21H23N5O/c1-16(25-20-7-8-22-15-24-20)17-3-2-4-18(13-17)19-5-6-21(23-14-19)26-9-11-27-12-10-26/h2-8,13-16H,9-12H2,1H3,(H,22,24,25)/t16-/m0/s1. The Morgan fingerprint density at radius 1 is 1.04 bits per heavy atom. The number of nitrogens with one attached hydrogen (secondary N) is 1. The van der Waals surface area contributed by atoms with Crippen molar-refractivity contribution < 1.29 is 4.74 Å². The van der Waals surface area contributed by atoms with Crippen LogP contribution >= 0.6 is 0 Å². The molecule has 0 spiro atoms. The summed E-state index contributed by atoms with van der Waals surface area (Å²) in [6.45, 7) is 5.45. The van der Waals surface area contributed by atoms with E-state index in [1.807, 2.05) is 12.3 Å². The maximum Gasteiger partial charge on any atom is 0.129 e. The highest BCUT2D eigenvalue weighted by molar-refractivity contribution is 5.65. The first-order chi connectivity index (χ1) is 13.3. The largest absolute Gasteiger partial charge is 0.378 e. The molecule has 0 aliphatic carbocycles. The summed E-state index contributed by atoms with van der Waals surface area (Å²) in [4.78, 5) is 15.1. The zero-order valence-electron chi connectivity index (χ0n) is 15.4. The molecule has 3 heterocycles. The summed E-state index contributed by atoms with van der Waals surface area (Å²) in [7, 11) is 0. The maximum absolute atomic E-state index is 5.41. The van der Waals surface area contributed by atoms with Gasteiger partial charge in [-0.05, 0) is 42.3 Å². The quantitative estimate of drug-likeness (QED) is 0.750. The number of morpholine rings is 1. The van der Waals surface area contributed by atoms with Crippen LogP contribution in [0.4, 0.5) is 11.6 Å². The maximum atomic E-state index is 5.41. The van der Waals surface area contributed by atoms with Gasteiger partial charge in [-0.25, -0.2) is 15.0 Å². The van der Waals surface area contributed by atoms with Crippen LogP contribution in [-0.4, -0.2) is 41.3 Å². The van der Waals surface area contributed by atoms with Crippen molar-refractivity contribution in [3.05, 3.63) is 66.7 Å². The van der Waals surface area contributed by atoms with Crippen molar-refractivity contribution in [2.24, 2.45) is 0 Å². The number of pyridine rings is 1. The molecule has 1 N–H and O–H groups in total. The highest BCUT2D eigenvalue weighted by Crippen LogP contribution is 2.25. The lowest BCUT2D eigenvalue weighted by Crippen LogP contribution is -2.36. The SMILES string of the molecule is C[C@H](Nc1ccncn1)c1cccc(-c2ccc(N3CCOCC3)nc2)c1. The Morgan fingerprint density at radius 3 is 2.67 bits per heavy atom. The topological polar surface area (TPSA) is 63.2 Å². The third kappa shape index (κ3) is 4.23. The van der Waals surface area contributed by atoms with Crippen LogP contribution < -0.4 is 10.2 Å². The smallest absolute Gasteiger partial charge is 0.129 e. The molecule has 1 aromatic carbocycles. The zero-order chi connectivity index (χ0) is 18.5. The second-order valence-corrected chi connectivity index (χ2v) is 6.59. The van der Waals surface area contributed by atoms with E-state index < -0.39 is 0 Å². The summed E-state index contributed by atoms with van der Waals surface area (Å²) in [6.07, 6.45) is 5.24. The molecule has 0 unspecified atom stereocenters. The first-order valence-corrected chi connectivity index (χ1v) is 9.21. The van der Waals surface area contributed by atoms with Gasteiger partial charge in [0.05, 0.1) is 13.2 Å². The molecule has 27 heavy (non-hydrogen) atoms. The summed E-state index contributed by atoms with van der Waals surface area (Å²) in [5.74, 6) is 1.83. The number of hydrogen-bond acceptors (Lipinski definition) is 6. The van der Waals surface area contributed by atoms with Crippen LogP contribution in [0.3, 0.4) is 0 Å². The number of ether oxygens (including phenoxy) is 1. The van der Waals surface area contributed by atoms with Crippen LogP contribution in [0.25, 0.3) is 11.1 Å². The van der Waals surface area contributed by atoms with Gasteiger partial charge in [0.2, 0.25) is 0 Å². The average molecular weight is 361 g/mol. The second-order valence-electron chi connectivity index (χ2n) is 6.59. The molecule has 1 aliphatic rings. The predicted molar refractivity (Wildman–Crippen MR) is 107 cm³/mol. The molecule has 2 aromatic heterocycles. The Morgan fingerprint density at radius 2 is 1.93 bits per heavy atom. The monoisotopic (exact) mass is 361 g/mol. The number of anilines is 2. The fourth-order valence-electron chi connectivity index (χ4n) is 3.21. The minimum atomic E-state index is 0.139. The van der Waals surface area contributed by atoms with E-state index >= 15 is 0 Å². The van der Waals surface area contributed by atoms with Crippen LogP contribution in [0.1, 0.15) is 18.5 Å². The van der Waals surface area contributed by atoms with Crippen LogP contribution in [0, 0.1) is 0 Å². The Bertz CT molecular complexity index is 863. The molecule has 1 aliphatic heterocycles. The van der Waals surface area contributed by atoms with E-state index in [2.05, 4.69) is 68.5 Å². The highest BCUT2D eigenvalue weighted by Gasteiger charge is 2.13. The normalized spacial score (nSPS) is 15.4. The van der Waals surface area contributed by atoms with E-state index in [9.17, 15) is 0 Å². The van der Waals surface area contributed by atoms with E-state index in [4.69, 9.17) is 4.74 Å². The minimum Gasteiger partial charge on any atom is -0.378 e. The van der Waals surface area contributed by atoms with Crippen molar-refractivity contribution in [1.82, 2.24) is 15.0 Å². The second kappa shape index (κ2) is 8.14. The van der Waals surface area contributed by atoms with E-state index in [0.29, 0.717) is 0 Å². The first-order valence-electron chi connectivity index (χ1n) is 9.21. The number of nitrogens with zero attached hydrogens (tertiary/aromatic N) is 4. The van der Waals surface area contributed by atoms with Crippen LogP contribution in [-0.2, 0) is 4.74 Å². The van der Waals surface area contributed by atoms with Gasteiger partial charge in [0.15, 0.2) is 0 Å². The molecule has 0 radical (unpaired) electrons. The summed E-state index contributed by atoms with van der Waals surface area (Å²) in [6, 6.07) is 14.8. The fourth-order valence-corrected chi connectivity index (χ4v) is 3.21. The lowest BCUT2D eigenvalue weighted by Gasteiger charge is -2.27. The summed E-state index contributed by atoms with van der Waals surface area (Å²) in [5, 5.41) is 3.40. The summed E-state index contributed by atoms with van der Waals surface area (Å²) in [5.41, 5.74) is 3.47. The molecule has 3 aromatic rings. The number of rotatable bonds is 5. The molecule has 138 valence electrons. The van der Waals surface area contributed by atoms with Crippen LogP contribution in [0.5, 0.6) is 0 Å². The number of aromatic nitrogens is 3. The molecule has 1 atom stereocenters. The molecule has 6 nitrogen and oxygen atoms in total. The number of hydrogen-bond donors (Lipinski definition) is 1. The molecule has 1 fully saturated rings. The lowest BCUT2D eigenvalue weighted by molar-refractivity contribution is 0.122. The van der Waals surface area contributed by atoms with Crippen molar-refractivity contribution in [2.75, 3.05) is 36.5 Å². The van der Waals surface area contributed by atoms with Crippen LogP contribution in [0.2, 0.25) is 0 Å². The van der Waals surface area contributed by atoms with Gasteiger partial charge >= 0.3 is 0 Å². The Balaban J connectivity index is 1.50. The third-order valence-corrected chi connectivity index (χ3v) is 4.75. The molecule has 6 heteroatoms. The lowest BCUT2D eigenvalue weighted by atomic mass is 10.0. The Hall–Kier alpha value is -2.99. The molecule has 1 saturated heterocycles. The van der Waals surface area contributed by atoms with Gasteiger partial charge in [-0.3, -0.25) is 0 Å². The van der Waals surface area contributed by atoms with Crippen molar-refractivity contribution in [3.63, 3.8) is 0 Å². The van der Waals surface area contributed by atoms with Gasteiger partial charge in [0, 0.05) is 37.1 Å². The van der Waals surface area contributed by atoms with E-state index in [1.54, 1.807) is 12.5 Å². The zero-order valence-corrected chi connectivity index (χ0v) is 15.4. The van der Waals surface area contributed by atoms with E-state index in [1.165, 1.54) is 5.56 Å². The van der Waals surface area contributed by atoms with Crippen LogP contribution in [0.15, 0.2) is 61.2 Å². The fraction of sp³-hybridized carbons (Fsp3) is 0.286. The van der Waals surface area contributed by atoms with Gasteiger partial charge in [-0.1, -0.05) is 18.2 Å². The summed E-state index contributed by atoms with van der Waals surface area (Å²) >= 11 is 0. The Labute approximate surface area is 159 Å². The minimum absolute atomic E-state index is 0.139. The van der Waals surface area contributed by atoms with Crippen molar-refractivity contribution in [2.45, 2.75) is 13.0 Å². The van der Waals surface area contributed by atoms with Crippen molar-refractivity contribution in [3.8, 4) is 11.1 Å². The molecular formula is C21H23N5O. The van der Waals surface area contributed by atoms with Crippen molar-refractivity contribution in [1.29, 1.82) is 0 Å². The van der Waals surface area contributed by atoms with Gasteiger partial charge in [0.1, 0.15) is 18.0 Å². The van der Waals surface area contributed by atoms with Gasteiger partial charge in [-0.2, -0.15) is 0 Å². The molecule has 0 bridgehead atoms. The molecule has 4 rings (SSSR count). The van der Waals surface area contributed by atoms with E-state index in [0.717, 1.165) is 49.1 Å². The summed E-state index contributed by atoms with van der Waals surface area (Å²) < 4.78 is 5.41. The predicted octanol–water partition coefficient (Wildman–Crippen LogP) is 3.55. The first kappa shape index (κ1) is 17.4. The van der Waals surface area contributed by atoms with Crippen molar-refractivity contribution >= 4 is 11.6 Å². The van der Waals surface area contributed by atoms with Gasteiger partial charge in [0.25, 0.3) is 0 Å². The average Bonchev–Trinajstić information content (AvgIpc) is 2.75. The number of benzene rings is 1. The van der Waals surface area contributed by atoms with E-state index in [-0.39, 0.29) is 6.04 Å². The molecule has 0 saturated carbocycles. The molecular weight excluding hydrogens is 338 g/mol. The highest BCUT2D eigenvalue weighted by atomic mass is 16.5. The van der Waals surface area contributed by atoms with Gasteiger partial charge in [-0.15, -0.1) is 0 Å². The third-order valence-electron chi connectivity index (χ3n) is 4.75. The van der Waals surface area contributed by atoms with Gasteiger partial charge < -0.3 is 15.0 Å². The Kier molecular flexibility index (Phi) is 5.25. The molecule has 0 amide bonds.